The quantitative estimate of drug-likeness (QED) is 0.293. The number of carbonyl (C=O) groups excluding carboxylic acids is 1. The number of primary amides is 1. The molecule has 0 aliphatic carbocycles. The lowest BCUT2D eigenvalue weighted by molar-refractivity contribution is 0.249. The summed E-state index contributed by atoms with van der Waals surface area (Å²) in [6.45, 7) is -0.0914. The molecule has 3 N–H and O–H groups in total. The number of hydrogen-bond donors (Lipinski definition) is 2. The number of azide groups is 1. The van der Waals surface area contributed by atoms with Crippen molar-refractivity contribution < 1.29 is 4.79 Å². The minimum absolute atomic E-state index is 0.0914. The topological polar surface area (TPSA) is 104 Å². The van der Waals surface area contributed by atoms with E-state index < -0.39 is 6.03 Å². The van der Waals surface area contributed by atoms with Gasteiger partial charge in [0.25, 0.3) is 0 Å². The van der Waals surface area contributed by atoms with Crippen molar-refractivity contribution in [1.82, 2.24) is 5.32 Å². The summed E-state index contributed by atoms with van der Waals surface area (Å²) in [6.07, 6.45) is 0. The van der Waals surface area contributed by atoms with Crippen LogP contribution in [0.1, 0.15) is 0 Å². The summed E-state index contributed by atoms with van der Waals surface area (Å²) in [7, 11) is 0. The van der Waals surface area contributed by atoms with Gasteiger partial charge in [-0.2, -0.15) is 0 Å². The van der Waals surface area contributed by atoms with Crippen LogP contribution in [0.2, 0.25) is 0 Å². The first-order chi connectivity index (χ1) is 3.77. The molecule has 0 atom stereocenters. The third kappa shape index (κ3) is 4.58. The zero-order chi connectivity index (χ0) is 6.41. The van der Waals surface area contributed by atoms with Crippen LogP contribution in [0.4, 0.5) is 4.79 Å². The first-order valence-corrected chi connectivity index (χ1v) is 1.81. The molecule has 0 heterocycles. The van der Waals surface area contributed by atoms with Crippen molar-refractivity contribution in [2.24, 2.45) is 10.8 Å². The molecule has 0 spiro atoms. The highest BCUT2D eigenvalue weighted by Gasteiger charge is 1.83. The first-order valence-electron chi connectivity index (χ1n) is 1.81. The van der Waals surface area contributed by atoms with Gasteiger partial charge in [-0.05, 0) is 5.53 Å². The molecule has 0 rings (SSSR count). The summed E-state index contributed by atoms with van der Waals surface area (Å²) in [5, 5.41) is 5.05. The van der Waals surface area contributed by atoms with E-state index in [4.69, 9.17) is 5.53 Å². The Bertz CT molecular complexity index is 122. The van der Waals surface area contributed by atoms with Crippen molar-refractivity contribution in [2.45, 2.75) is 0 Å². The maximum atomic E-state index is 9.80. The first kappa shape index (κ1) is 6.58. The summed E-state index contributed by atoms with van der Waals surface area (Å²) in [6, 6.07) is -0.697. The van der Waals surface area contributed by atoms with Crippen LogP contribution in [0.15, 0.2) is 5.11 Å². The molecule has 44 valence electrons. The molecule has 0 aliphatic rings. The van der Waals surface area contributed by atoms with Crippen molar-refractivity contribution in [2.75, 3.05) is 6.67 Å². The van der Waals surface area contributed by atoms with Gasteiger partial charge in [-0.25, -0.2) is 4.79 Å². The average molecular weight is 115 g/mol. The number of amides is 2. The largest absolute Gasteiger partial charge is 0.352 e. The number of hydrogen-bond acceptors (Lipinski definition) is 2. The second-order valence-electron chi connectivity index (χ2n) is 0.930. The smallest absolute Gasteiger partial charge is 0.312 e. The van der Waals surface area contributed by atoms with E-state index in [-0.39, 0.29) is 6.67 Å². The van der Waals surface area contributed by atoms with Gasteiger partial charge in [-0.15, -0.1) is 0 Å². The van der Waals surface area contributed by atoms with Crippen LogP contribution in [0.5, 0.6) is 0 Å². The minimum Gasteiger partial charge on any atom is -0.352 e. The molecular weight excluding hydrogens is 110 g/mol. The molecule has 0 saturated carbocycles. The molecule has 0 radical (unpaired) electrons. The molecule has 2 amide bonds. The highest BCUT2D eigenvalue weighted by molar-refractivity contribution is 5.71. The van der Waals surface area contributed by atoms with E-state index in [2.05, 4.69) is 21.1 Å². The van der Waals surface area contributed by atoms with Crippen molar-refractivity contribution in [3.63, 3.8) is 0 Å². The minimum atomic E-state index is -0.697. The van der Waals surface area contributed by atoms with Crippen molar-refractivity contribution in [3.8, 4) is 0 Å². The van der Waals surface area contributed by atoms with Crippen LogP contribution in [0, 0.1) is 0 Å². The van der Waals surface area contributed by atoms with Gasteiger partial charge >= 0.3 is 6.03 Å². The number of nitrogens with two attached hydrogens (primary N) is 1. The third-order valence-corrected chi connectivity index (χ3v) is 0.387. The van der Waals surface area contributed by atoms with Crippen molar-refractivity contribution in [3.05, 3.63) is 10.4 Å². The Morgan fingerprint density at radius 2 is 2.62 bits per heavy atom. The fourth-order valence-electron chi connectivity index (χ4n) is 0.145. The van der Waals surface area contributed by atoms with Gasteiger partial charge in [0.1, 0.15) is 0 Å². The normalized spacial score (nSPS) is 7.00. The van der Waals surface area contributed by atoms with Gasteiger partial charge in [0.15, 0.2) is 0 Å². The molecule has 8 heavy (non-hydrogen) atoms. The summed E-state index contributed by atoms with van der Waals surface area (Å²) in [5.74, 6) is 0. The number of carbonyl (C=O) groups is 1. The maximum absolute atomic E-state index is 9.80. The van der Waals surface area contributed by atoms with Gasteiger partial charge in [0, 0.05) is 4.91 Å². The van der Waals surface area contributed by atoms with Crippen LogP contribution in [0.3, 0.4) is 0 Å². The summed E-state index contributed by atoms with van der Waals surface area (Å²) in [5.41, 5.74) is 12.2. The lowest BCUT2D eigenvalue weighted by atomic mass is 11.0. The Morgan fingerprint density at radius 1 is 2.00 bits per heavy atom. The molecule has 6 heteroatoms. The van der Waals surface area contributed by atoms with E-state index in [0.717, 1.165) is 0 Å². The van der Waals surface area contributed by atoms with Crippen LogP contribution >= 0.6 is 0 Å². The van der Waals surface area contributed by atoms with Gasteiger partial charge < -0.3 is 11.1 Å². The molecule has 6 nitrogen and oxygen atoms in total. The van der Waals surface area contributed by atoms with E-state index in [9.17, 15) is 4.79 Å². The molecule has 0 saturated heterocycles. The lowest BCUT2D eigenvalue weighted by Crippen LogP contribution is -2.28. The molecule has 0 aromatic rings. The number of urea groups is 1. The van der Waals surface area contributed by atoms with E-state index >= 15 is 0 Å². The average Bonchev–Trinajstić information content (AvgIpc) is 1.66. The second kappa shape index (κ2) is 3.76. The van der Waals surface area contributed by atoms with Gasteiger partial charge in [-0.3, -0.25) is 0 Å². The molecule has 0 aliphatic heterocycles. The van der Waals surface area contributed by atoms with Gasteiger partial charge in [0.2, 0.25) is 0 Å². The predicted molar refractivity (Wildman–Crippen MR) is 26.7 cm³/mol. The van der Waals surface area contributed by atoms with Crippen LogP contribution in [-0.2, 0) is 0 Å². The van der Waals surface area contributed by atoms with Crippen molar-refractivity contribution >= 4 is 6.03 Å². The summed E-state index contributed by atoms with van der Waals surface area (Å²) < 4.78 is 0. The standard InChI is InChI=1S/C2H5N5O/c3-2(8)5-1-6-7-4/h1H2,(H3,3,5,8). The lowest BCUT2D eigenvalue weighted by Gasteiger charge is -1.89. The van der Waals surface area contributed by atoms with E-state index in [0.29, 0.717) is 0 Å². The van der Waals surface area contributed by atoms with Crippen molar-refractivity contribution in [1.29, 1.82) is 0 Å². The Morgan fingerprint density at radius 3 is 3.00 bits per heavy atom. The van der Waals surface area contributed by atoms with Crippen LogP contribution in [-0.4, -0.2) is 12.7 Å². The zero-order valence-electron chi connectivity index (χ0n) is 4.03. The van der Waals surface area contributed by atoms with Gasteiger partial charge in [0.05, 0.1) is 6.67 Å². The fraction of sp³-hybridized carbons (Fsp3) is 0.500. The Labute approximate surface area is 45.3 Å². The zero-order valence-corrected chi connectivity index (χ0v) is 4.03. The maximum Gasteiger partial charge on any atom is 0.312 e. The van der Waals surface area contributed by atoms with E-state index in [1.807, 2.05) is 0 Å². The number of nitrogens with one attached hydrogen (secondary N) is 1. The number of rotatable bonds is 2. The third-order valence-electron chi connectivity index (χ3n) is 0.387. The molecule has 0 bridgehead atoms. The van der Waals surface area contributed by atoms with Gasteiger partial charge in [-0.1, -0.05) is 5.11 Å². The molecule has 0 aromatic carbocycles. The highest BCUT2D eigenvalue weighted by atomic mass is 16.2. The predicted octanol–water partition coefficient (Wildman–Crippen LogP) is -0.0775. The summed E-state index contributed by atoms with van der Waals surface area (Å²) >= 11 is 0. The molecule has 0 unspecified atom stereocenters. The second-order valence-corrected chi connectivity index (χ2v) is 0.930. The number of nitrogens with zero attached hydrogens (tertiary/aromatic N) is 3. The molecule has 0 fully saturated rings. The van der Waals surface area contributed by atoms with Crippen LogP contribution in [0.25, 0.3) is 10.4 Å². The highest BCUT2D eigenvalue weighted by Crippen LogP contribution is 1.62. The van der Waals surface area contributed by atoms with E-state index in [1.54, 1.807) is 0 Å². The Hall–Kier alpha value is -1.42. The SMILES string of the molecule is [N-]=[N+]=NCNC(N)=O. The Balaban J connectivity index is 3.18. The molecular formula is C2H5N5O. The molecule has 0 aromatic heterocycles. The van der Waals surface area contributed by atoms with E-state index in [1.165, 1.54) is 0 Å². The fourth-order valence-corrected chi connectivity index (χ4v) is 0.145. The summed E-state index contributed by atoms with van der Waals surface area (Å²) in [4.78, 5) is 12.2. The van der Waals surface area contributed by atoms with Crippen LogP contribution < -0.4 is 11.1 Å². The Kier molecular flexibility index (Phi) is 3.09. The monoisotopic (exact) mass is 115 g/mol.